The molecule has 0 spiro atoms. The molecule has 10 heteroatoms. The molecule has 0 bridgehead atoms. The van der Waals surface area contributed by atoms with E-state index >= 15 is 0 Å². The van der Waals surface area contributed by atoms with E-state index in [2.05, 4.69) is 48.9 Å². The lowest BCUT2D eigenvalue weighted by Gasteiger charge is -2.43. The van der Waals surface area contributed by atoms with Crippen LogP contribution in [0.4, 0.5) is 0 Å². The van der Waals surface area contributed by atoms with Crippen molar-refractivity contribution in [1.82, 2.24) is 4.98 Å². The summed E-state index contributed by atoms with van der Waals surface area (Å²) in [7, 11) is -2.13. The summed E-state index contributed by atoms with van der Waals surface area (Å²) in [6.45, 7) is 13.8. The fraction of sp³-hybridized carbons (Fsp3) is 0.750. The molecule has 0 aliphatic carbocycles. The largest absolute Gasteiger partial charge is 0.476 e. The first-order valence-electron chi connectivity index (χ1n) is 8.34. The van der Waals surface area contributed by atoms with Crippen molar-refractivity contribution in [3.8, 4) is 0 Å². The van der Waals surface area contributed by atoms with E-state index in [1.165, 1.54) is 5.38 Å². The predicted octanol–water partition coefficient (Wildman–Crippen LogP) is 4.22. The van der Waals surface area contributed by atoms with Gasteiger partial charge in [-0.2, -0.15) is 0 Å². The molecule has 0 radical (unpaired) electrons. The van der Waals surface area contributed by atoms with E-state index in [1.54, 1.807) is 13.8 Å². The fourth-order valence-corrected chi connectivity index (χ4v) is 4.39. The third-order valence-corrected chi connectivity index (χ3v) is 10.5. The van der Waals surface area contributed by atoms with Gasteiger partial charge in [-0.15, -0.1) is 11.3 Å². The van der Waals surface area contributed by atoms with Crippen LogP contribution < -0.4 is 0 Å². The first-order valence-corrected chi connectivity index (χ1v) is 12.1. The van der Waals surface area contributed by atoms with Crippen LogP contribution in [0.25, 0.3) is 10.4 Å². The van der Waals surface area contributed by atoms with E-state index < -0.39 is 32.0 Å². The summed E-state index contributed by atoms with van der Waals surface area (Å²) in [5.74, 6) is -1.12. The van der Waals surface area contributed by atoms with Crippen molar-refractivity contribution in [3.63, 3.8) is 0 Å². The number of carbonyl (C=O) groups is 1. The Kier molecular flexibility index (Phi) is 7.00. The number of hydrogen-bond acceptors (Lipinski definition) is 6. The van der Waals surface area contributed by atoms with Gasteiger partial charge in [0.15, 0.2) is 14.0 Å². The number of azide groups is 1. The molecule has 146 valence electrons. The van der Waals surface area contributed by atoms with E-state index in [4.69, 9.17) is 15.1 Å². The van der Waals surface area contributed by atoms with Gasteiger partial charge in [0, 0.05) is 16.7 Å². The fourth-order valence-electron chi connectivity index (χ4n) is 2.10. The van der Waals surface area contributed by atoms with E-state index in [0.29, 0.717) is 5.01 Å². The Morgan fingerprint density at radius 1 is 1.46 bits per heavy atom. The topological polar surface area (TPSA) is 128 Å². The zero-order valence-corrected chi connectivity index (χ0v) is 18.2. The minimum Gasteiger partial charge on any atom is -0.476 e. The molecule has 0 saturated heterocycles. The van der Waals surface area contributed by atoms with Crippen LogP contribution in [0.5, 0.6) is 0 Å². The summed E-state index contributed by atoms with van der Waals surface area (Å²) < 4.78 is 6.27. The Morgan fingerprint density at radius 3 is 2.46 bits per heavy atom. The van der Waals surface area contributed by atoms with Gasteiger partial charge >= 0.3 is 5.97 Å². The van der Waals surface area contributed by atoms with Crippen molar-refractivity contribution in [3.05, 3.63) is 26.5 Å². The molecule has 8 nitrogen and oxygen atoms in total. The van der Waals surface area contributed by atoms with Crippen LogP contribution in [-0.2, 0) is 10.8 Å². The van der Waals surface area contributed by atoms with Crippen LogP contribution in [-0.4, -0.2) is 47.2 Å². The number of rotatable bonds is 8. The maximum Gasteiger partial charge on any atom is 0.355 e. The quantitative estimate of drug-likeness (QED) is 0.292. The second kappa shape index (κ2) is 8.06. The molecule has 1 heterocycles. The normalized spacial score (nSPS) is 17.1. The third-order valence-electron chi connectivity index (χ3n) is 5.11. The predicted molar refractivity (Wildman–Crippen MR) is 104 cm³/mol. The summed E-state index contributed by atoms with van der Waals surface area (Å²) in [6.07, 6.45) is -0.432. The second-order valence-corrected chi connectivity index (χ2v) is 13.8. The van der Waals surface area contributed by atoms with Gasteiger partial charge in [-0.05, 0) is 37.5 Å². The van der Waals surface area contributed by atoms with E-state index in [1.807, 2.05) is 0 Å². The smallest absolute Gasteiger partial charge is 0.355 e. The highest BCUT2D eigenvalue weighted by Crippen LogP contribution is 2.39. The number of carboxylic acid groups (broad SMARTS) is 1. The number of carboxylic acids is 1. The number of thiazole rings is 1. The van der Waals surface area contributed by atoms with Crippen molar-refractivity contribution in [2.75, 3.05) is 0 Å². The molecule has 2 N–H and O–H groups in total. The lowest BCUT2D eigenvalue weighted by molar-refractivity contribution is -0.0623. The summed E-state index contributed by atoms with van der Waals surface area (Å²) >= 11 is 1.16. The summed E-state index contributed by atoms with van der Waals surface area (Å²) in [4.78, 5) is 17.8. The van der Waals surface area contributed by atoms with Crippen LogP contribution in [0.3, 0.4) is 0 Å². The maximum atomic E-state index is 11.1. The van der Waals surface area contributed by atoms with Gasteiger partial charge in [0.25, 0.3) is 0 Å². The molecule has 26 heavy (non-hydrogen) atoms. The molecule has 1 aromatic rings. The molecule has 0 aliphatic rings. The number of hydrogen-bond donors (Lipinski definition) is 2. The number of aliphatic hydroxyl groups is 1. The average molecular weight is 401 g/mol. The molecule has 3 atom stereocenters. The van der Waals surface area contributed by atoms with Gasteiger partial charge in [0.2, 0.25) is 0 Å². The minimum atomic E-state index is -2.13. The minimum absolute atomic E-state index is 0.0307. The highest BCUT2D eigenvalue weighted by molar-refractivity contribution is 7.09. The van der Waals surface area contributed by atoms with Crippen molar-refractivity contribution in [1.29, 1.82) is 0 Å². The Labute approximate surface area is 159 Å². The van der Waals surface area contributed by atoms with Crippen molar-refractivity contribution in [2.24, 2.45) is 5.11 Å². The van der Waals surface area contributed by atoms with E-state index in [0.717, 1.165) is 11.3 Å². The van der Waals surface area contributed by atoms with E-state index in [-0.39, 0.29) is 17.2 Å². The Hall–Kier alpha value is -1.45. The molecule has 1 aromatic heterocycles. The Balaban J connectivity index is 3.05. The molecule has 0 fully saturated rings. The molecule has 0 amide bonds. The SMILES string of the molecule is C[C@@H](O[Si](C)(C)C(C)(C)C)[C@@](C)(O)[C@H](Cc1nc(C(=O)O)cs1)N=[N+]=[N-]. The Bertz CT molecular complexity index is 693. The highest BCUT2D eigenvalue weighted by Gasteiger charge is 2.45. The van der Waals surface area contributed by atoms with E-state index in [9.17, 15) is 9.90 Å². The summed E-state index contributed by atoms with van der Waals surface area (Å²) in [5.41, 5.74) is 7.43. The number of aromatic carboxylic acids is 1. The second-order valence-electron chi connectivity index (χ2n) is 8.10. The summed E-state index contributed by atoms with van der Waals surface area (Å²) in [6, 6.07) is -0.833. The first-order chi connectivity index (χ1) is 11.7. The molecule has 0 aromatic carbocycles. The zero-order valence-electron chi connectivity index (χ0n) is 16.3. The van der Waals surface area contributed by atoms with Gasteiger partial charge in [-0.25, -0.2) is 9.78 Å². The lowest BCUT2D eigenvalue weighted by atomic mass is 9.89. The van der Waals surface area contributed by atoms with Crippen molar-refractivity contribution < 1.29 is 19.4 Å². The molecule has 1 rings (SSSR count). The maximum absolute atomic E-state index is 11.1. The molecule has 0 saturated carbocycles. The van der Waals surface area contributed by atoms with Crippen LogP contribution in [0, 0.1) is 0 Å². The molecule has 0 unspecified atom stereocenters. The van der Waals surface area contributed by atoms with Crippen LogP contribution in [0.1, 0.15) is 50.1 Å². The van der Waals surface area contributed by atoms with Gasteiger partial charge in [-0.3, -0.25) is 0 Å². The van der Waals surface area contributed by atoms with Gasteiger partial charge in [0.05, 0.1) is 22.8 Å². The zero-order chi connectivity index (χ0) is 20.3. The van der Waals surface area contributed by atoms with Crippen LogP contribution in [0.15, 0.2) is 10.5 Å². The molecular formula is C16H28N4O4SSi. The van der Waals surface area contributed by atoms with Gasteiger partial charge in [-0.1, -0.05) is 25.9 Å². The highest BCUT2D eigenvalue weighted by atomic mass is 32.1. The lowest BCUT2D eigenvalue weighted by Crippen LogP contribution is -2.55. The van der Waals surface area contributed by atoms with Crippen LogP contribution in [0.2, 0.25) is 18.1 Å². The molecule has 0 aliphatic heterocycles. The third kappa shape index (κ3) is 5.27. The van der Waals surface area contributed by atoms with Gasteiger partial charge < -0.3 is 14.6 Å². The number of nitrogens with zero attached hydrogens (tertiary/aromatic N) is 4. The molecular weight excluding hydrogens is 372 g/mol. The van der Waals surface area contributed by atoms with Crippen molar-refractivity contribution in [2.45, 2.75) is 76.9 Å². The standard InChI is InChI=1S/C16H28N4O4SSi/c1-10(24-26(6,7)15(2,3)4)16(5,23)12(19-20-17)8-13-18-11(9-25-13)14(21)22/h9-10,12,23H,8H2,1-7H3,(H,21,22)/t10-,12+,16-/m1/s1. The van der Waals surface area contributed by atoms with Crippen molar-refractivity contribution >= 4 is 25.6 Å². The first kappa shape index (κ1) is 22.6. The average Bonchev–Trinajstić information content (AvgIpc) is 2.94. The Morgan fingerprint density at radius 2 is 2.04 bits per heavy atom. The summed E-state index contributed by atoms with van der Waals surface area (Å²) in [5, 5.41) is 25.7. The van der Waals surface area contributed by atoms with Gasteiger partial charge in [0.1, 0.15) is 0 Å². The van der Waals surface area contributed by atoms with Crippen LogP contribution >= 0.6 is 11.3 Å². The number of aromatic nitrogens is 1. The monoisotopic (exact) mass is 400 g/mol.